The quantitative estimate of drug-likeness (QED) is 0.348. The van der Waals surface area contributed by atoms with Gasteiger partial charge in [-0.25, -0.2) is 13.2 Å². The number of aliphatic hydroxyl groups is 1. The van der Waals surface area contributed by atoms with E-state index in [1.54, 1.807) is 32.9 Å². The minimum atomic E-state index is -4.02. The van der Waals surface area contributed by atoms with E-state index < -0.39 is 33.9 Å². The molecule has 0 aliphatic carbocycles. The SMILES string of the molecule is CCC(CCC#N)CN(CC(O)C(Cc1ccccc1)NC(=O)OC(C)(C)C)S(=O)(=O)c1ccc(OC)cc1. The summed E-state index contributed by atoms with van der Waals surface area (Å²) in [6.07, 6.45) is -0.193. The van der Waals surface area contributed by atoms with Crippen molar-refractivity contribution < 1.29 is 27.8 Å². The summed E-state index contributed by atoms with van der Waals surface area (Å²) in [6, 6.07) is 16.7. The molecule has 0 fully saturated rings. The van der Waals surface area contributed by atoms with Crippen molar-refractivity contribution in [3.05, 3.63) is 60.2 Å². The van der Waals surface area contributed by atoms with Crippen LogP contribution in [0.2, 0.25) is 0 Å². The smallest absolute Gasteiger partial charge is 0.407 e. The molecular formula is C29H41N3O6S. The highest BCUT2D eigenvalue weighted by atomic mass is 32.2. The number of aliphatic hydroxyl groups excluding tert-OH is 1. The van der Waals surface area contributed by atoms with Crippen molar-refractivity contribution in [2.24, 2.45) is 5.92 Å². The molecule has 2 aromatic rings. The molecule has 2 rings (SSSR count). The first kappa shape index (κ1) is 32.1. The molecule has 0 radical (unpaired) electrons. The molecule has 2 aromatic carbocycles. The highest BCUT2D eigenvalue weighted by molar-refractivity contribution is 7.89. The lowest BCUT2D eigenvalue weighted by atomic mass is 9.99. The number of hydrogen-bond donors (Lipinski definition) is 2. The molecule has 1 amide bonds. The number of carbonyl (C=O) groups is 1. The molecule has 0 spiro atoms. The first-order valence-corrected chi connectivity index (χ1v) is 14.6. The number of amides is 1. The van der Waals surface area contributed by atoms with Gasteiger partial charge < -0.3 is 19.9 Å². The van der Waals surface area contributed by atoms with Crippen LogP contribution in [0.3, 0.4) is 0 Å². The van der Waals surface area contributed by atoms with E-state index >= 15 is 0 Å². The summed E-state index contributed by atoms with van der Waals surface area (Å²) in [5.74, 6) is 0.432. The summed E-state index contributed by atoms with van der Waals surface area (Å²) in [5.41, 5.74) is 0.119. The van der Waals surface area contributed by atoms with Crippen molar-refractivity contribution >= 4 is 16.1 Å². The van der Waals surface area contributed by atoms with E-state index in [1.807, 2.05) is 37.3 Å². The second-order valence-corrected chi connectivity index (χ2v) is 12.4. The van der Waals surface area contributed by atoms with E-state index in [0.717, 1.165) is 5.56 Å². The molecule has 0 saturated carbocycles. The normalized spacial score (nSPS) is 14.2. The van der Waals surface area contributed by atoms with E-state index in [-0.39, 0.29) is 30.3 Å². The molecule has 0 saturated heterocycles. The minimum absolute atomic E-state index is 0.0605. The standard InChI is InChI=1S/C29H41N3O6S/c1-6-22(13-10-18-30)20-32(39(35,36)25-16-14-24(37-5)15-17-25)21-27(33)26(19-23-11-8-7-9-12-23)31-28(34)38-29(2,3)4/h7-9,11-12,14-17,22,26-27,33H,6,10,13,19-21H2,1-5H3,(H,31,34). The van der Waals surface area contributed by atoms with E-state index in [9.17, 15) is 18.3 Å². The Morgan fingerprint density at radius 3 is 2.28 bits per heavy atom. The summed E-state index contributed by atoms with van der Waals surface area (Å²) in [6.45, 7) is 7.03. The van der Waals surface area contributed by atoms with Crippen LogP contribution >= 0.6 is 0 Å². The molecule has 3 atom stereocenters. The molecule has 0 aliphatic rings. The number of sulfonamides is 1. The Bertz CT molecular complexity index is 1170. The van der Waals surface area contributed by atoms with E-state index in [2.05, 4.69) is 11.4 Å². The Balaban J connectivity index is 2.39. The Morgan fingerprint density at radius 2 is 1.74 bits per heavy atom. The van der Waals surface area contributed by atoms with E-state index in [1.165, 1.54) is 23.5 Å². The fourth-order valence-corrected chi connectivity index (χ4v) is 5.63. The van der Waals surface area contributed by atoms with Crippen LogP contribution in [0.15, 0.2) is 59.5 Å². The number of ether oxygens (including phenoxy) is 2. The Hall–Kier alpha value is -3.13. The number of nitriles is 1. The second-order valence-electron chi connectivity index (χ2n) is 10.5. The molecule has 9 nitrogen and oxygen atoms in total. The van der Waals surface area contributed by atoms with Crippen molar-refractivity contribution in [1.82, 2.24) is 9.62 Å². The first-order valence-electron chi connectivity index (χ1n) is 13.1. The fourth-order valence-electron chi connectivity index (χ4n) is 4.09. The van der Waals surface area contributed by atoms with Gasteiger partial charge >= 0.3 is 6.09 Å². The van der Waals surface area contributed by atoms with Crippen molar-refractivity contribution in [3.63, 3.8) is 0 Å². The van der Waals surface area contributed by atoms with Crippen LogP contribution in [-0.2, 0) is 21.2 Å². The van der Waals surface area contributed by atoms with E-state index in [4.69, 9.17) is 14.7 Å². The number of rotatable bonds is 14. The summed E-state index contributed by atoms with van der Waals surface area (Å²) >= 11 is 0. The van der Waals surface area contributed by atoms with Gasteiger partial charge in [-0.2, -0.15) is 9.57 Å². The number of nitrogens with one attached hydrogen (secondary N) is 1. The number of alkyl carbamates (subject to hydrolysis) is 1. The lowest BCUT2D eigenvalue weighted by molar-refractivity contribution is 0.0398. The predicted octanol–water partition coefficient (Wildman–Crippen LogP) is 4.51. The molecule has 214 valence electrons. The zero-order chi connectivity index (χ0) is 29.1. The van der Waals surface area contributed by atoms with Crippen molar-refractivity contribution in [1.29, 1.82) is 5.26 Å². The highest BCUT2D eigenvalue weighted by Gasteiger charge is 2.33. The van der Waals surface area contributed by atoms with Gasteiger partial charge in [-0.3, -0.25) is 0 Å². The van der Waals surface area contributed by atoms with Gasteiger partial charge in [0.1, 0.15) is 11.4 Å². The van der Waals surface area contributed by atoms with Crippen LogP contribution < -0.4 is 10.1 Å². The third kappa shape index (κ3) is 10.5. The highest BCUT2D eigenvalue weighted by Crippen LogP contribution is 2.24. The number of nitrogens with zero attached hydrogens (tertiary/aromatic N) is 2. The number of methoxy groups -OCH3 is 1. The average molecular weight is 560 g/mol. The third-order valence-electron chi connectivity index (χ3n) is 6.26. The molecule has 10 heteroatoms. The van der Waals surface area contributed by atoms with Gasteiger partial charge in [-0.1, -0.05) is 43.7 Å². The summed E-state index contributed by atoms with van der Waals surface area (Å²) in [7, 11) is -2.53. The van der Waals surface area contributed by atoms with Gasteiger partial charge in [-0.05, 0) is 69.4 Å². The van der Waals surface area contributed by atoms with Crippen LogP contribution in [0, 0.1) is 17.2 Å². The van der Waals surface area contributed by atoms with Crippen LogP contribution in [0.25, 0.3) is 0 Å². The fraction of sp³-hybridized carbons (Fsp3) is 0.517. The number of carbonyl (C=O) groups excluding carboxylic acids is 1. The molecule has 0 bridgehead atoms. The van der Waals surface area contributed by atoms with Crippen LogP contribution in [0.5, 0.6) is 5.75 Å². The van der Waals surface area contributed by atoms with Gasteiger partial charge in [0, 0.05) is 19.5 Å². The van der Waals surface area contributed by atoms with Gasteiger partial charge in [0.2, 0.25) is 10.0 Å². The second kappa shape index (κ2) is 14.9. The molecule has 39 heavy (non-hydrogen) atoms. The van der Waals surface area contributed by atoms with Crippen molar-refractivity contribution in [3.8, 4) is 11.8 Å². The zero-order valence-electron chi connectivity index (χ0n) is 23.5. The maximum absolute atomic E-state index is 13.8. The summed E-state index contributed by atoms with van der Waals surface area (Å²) in [5, 5.41) is 23.2. The Morgan fingerprint density at radius 1 is 1.10 bits per heavy atom. The minimum Gasteiger partial charge on any atom is -0.497 e. The van der Waals surface area contributed by atoms with Crippen LogP contribution in [-0.4, -0.2) is 61.9 Å². The van der Waals surface area contributed by atoms with Gasteiger partial charge in [0.25, 0.3) is 0 Å². The maximum atomic E-state index is 13.8. The number of benzene rings is 2. The van der Waals surface area contributed by atoms with Gasteiger partial charge in [-0.15, -0.1) is 0 Å². The topological polar surface area (TPSA) is 129 Å². The third-order valence-corrected chi connectivity index (χ3v) is 8.10. The van der Waals surface area contributed by atoms with Crippen LogP contribution in [0.4, 0.5) is 4.79 Å². The van der Waals surface area contributed by atoms with Gasteiger partial charge in [0.15, 0.2) is 0 Å². The Kier molecular flexibility index (Phi) is 12.2. The van der Waals surface area contributed by atoms with Crippen molar-refractivity contribution in [2.75, 3.05) is 20.2 Å². The van der Waals surface area contributed by atoms with E-state index in [0.29, 0.717) is 25.0 Å². The lowest BCUT2D eigenvalue weighted by Gasteiger charge is -2.32. The monoisotopic (exact) mass is 559 g/mol. The molecule has 2 N–H and O–H groups in total. The first-order chi connectivity index (χ1) is 18.4. The molecular weight excluding hydrogens is 518 g/mol. The summed E-state index contributed by atoms with van der Waals surface area (Å²) < 4.78 is 39.4. The molecule has 0 heterocycles. The number of hydrogen-bond acceptors (Lipinski definition) is 7. The van der Waals surface area contributed by atoms with Crippen molar-refractivity contribution in [2.45, 2.75) is 76.0 Å². The Labute approximate surface area is 232 Å². The van der Waals surface area contributed by atoms with Crippen LogP contribution in [0.1, 0.15) is 52.5 Å². The summed E-state index contributed by atoms with van der Waals surface area (Å²) in [4.78, 5) is 12.7. The predicted molar refractivity (Wildman–Crippen MR) is 150 cm³/mol. The lowest BCUT2D eigenvalue weighted by Crippen LogP contribution is -2.52. The zero-order valence-corrected chi connectivity index (χ0v) is 24.3. The van der Waals surface area contributed by atoms with Gasteiger partial charge in [0.05, 0.1) is 30.2 Å². The maximum Gasteiger partial charge on any atom is 0.407 e. The molecule has 0 aromatic heterocycles. The average Bonchev–Trinajstić information content (AvgIpc) is 2.89. The largest absolute Gasteiger partial charge is 0.497 e. The molecule has 0 aliphatic heterocycles. The molecule has 3 unspecified atom stereocenters.